The lowest BCUT2D eigenvalue weighted by atomic mass is 9.72. The van der Waals surface area contributed by atoms with Gasteiger partial charge in [-0.15, -0.1) is 0 Å². The van der Waals surface area contributed by atoms with Gasteiger partial charge in [-0.3, -0.25) is 5.21 Å². The highest BCUT2D eigenvalue weighted by Gasteiger charge is 2.42. The van der Waals surface area contributed by atoms with Crippen LogP contribution >= 0.6 is 0 Å². The van der Waals surface area contributed by atoms with Crippen LogP contribution in [-0.4, -0.2) is 54.4 Å². The Labute approximate surface area is 333 Å². The predicted molar refractivity (Wildman–Crippen MR) is 232 cm³/mol. The van der Waals surface area contributed by atoms with Gasteiger partial charge in [0.15, 0.2) is 0 Å². The minimum atomic E-state index is 0.0488. The maximum Gasteiger partial charge on any atom is 0.253 e. The van der Waals surface area contributed by atoms with Gasteiger partial charge < -0.3 is 21.3 Å². The summed E-state index contributed by atoms with van der Waals surface area (Å²) in [6.07, 6.45) is 30.4. The topological polar surface area (TPSA) is 119 Å². The van der Waals surface area contributed by atoms with Crippen LogP contribution < -0.4 is 26.7 Å². The number of piperidine rings is 2. The lowest BCUT2D eigenvalue weighted by Gasteiger charge is -2.49. The van der Waals surface area contributed by atoms with Crippen molar-refractivity contribution in [3.63, 3.8) is 0 Å². The number of hydrogen-bond donors (Lipinski definition) is 6. The van der Waals surface area contributed by atoms with E-state index in [-0.39, 0.29) is 40.2 Å². The Morgan fingerprint density at radius 3 is 1.06 bits per heavy atom. The van der Waals surface area contributed by atoms with Crippen LogP contribution in [0.3, 0.4) is 0 Å². The zero-order valence-corrected chi connectivity index (χ0v) is 37.1. The van der Waals surface area contributed by atoms with E-state index < -0.39 is 0 Å². The van der Waals surface area contributed by atoms with Crippen molar-refractivity contribution >= 4 is 17.8 Å². The van der Waals surface area contributed by atoms with Crippen LogP contribution in [-0.2, 0) is 0 Å². The average molecular weight is 757 g/mol. The van der Waals surface area contributed by atoms with E-state index in [2.05, 4.69) is 106 Å². The lowest BCUT2D eigenvalue weighted by molar-refractivity contribution is 0.114. The summed E-state index contributed by atoms with van der Waals surface area (Å²) in [7, 11) is 0. The van der Waals surface area contributed by atoms with Crippen molar-refractivity contribution in [2.24, 2.45) is 11.8 Å². The molecule has 2 atom stereocenters. The summed E-state index contributed by atoms with van der Waals surface area (Å²) < 4.78 is 0. The molecule has 0 saturated carbocycles. The monoisotopic (exact) mass is 757 g/mol. The summed E-state index contributed by atoms with van der Waals surface area (Å²) in [5.74, 6) is 2.24. The van der Waals surface area contributed by atoms with Crippen LogP contribution in [0.4, 0.5) is 17.8 Å². The van der Waals surface area contributed by atoms with E-state index >= 15 is 0 Å². The Kier molecular flexibility index (Phi) is 19.8. The van der Waals surface area contributed by atoms with Gasteiger partial charge in [0.25, 0.3) is 5.95 Å². The highest BCUT2D eigenvalue weighted by atomic mass is 16.5. The van der Waals surface area contributed by atoms with Gasteiger partial charge in [-0.2, -0.15) is 15.0 Å². The van der Waals surface area contributed by atoms with Gasteiger partial charge in [-0.1, -0.05) is 129 Å². The highest BCUT2D eigenvalue weighted by molar-refractivity contribution is 5.42. The molecule has 2 fully saturated rings. The van der Waals surface area contributed by atoms with Crippen molar-refractivity contribution in [2.75, 3.05) is 16.1 Å². The van der Waals surface area contributed by atoms with Crippen molar-refractivity contribution in [1.29, 1.82) is 0 Å². The van der Waals surface area contributed by atoms with Crippen molar-refractivity contribution in [3.8, 4) is 0 Å². The van der Waals surface area contributed by atoms with Crippen LogP contribution in [0, 0.1) is 11.8 Å². The molecule has 0 aliphatic carbocycles. The summed E-state index contributed by atoms with van der Waals surface area (Å²) in [5.41, 5.74) is 2.47. The molecular weight excluding hydrogens is 669 g/mol. The zero-order chi connectivity index (χ0) is 39.7. The number of nitrogens with one attached hydrogen (secondary N) is 5. The standard InChI is InChI=1S/C45H88N8O/c1-11-13-15-17-19-21-23-25-27-29-37(35-31-42(3,4)52-43(5,6)32-35)46-39-48-40(50-41(49-39)51-54)47-38(30-28-26-24-22-20-18-16-14-12-2)36-33-44(7,8)53-45(9,10)34-36/h35-38,52-54H,11-34H2,1-10H3,(H3,46,47,48,49,50,51). The number of rotatable bonds is 27. The summed E-state index contributed by atoms with van der Waals surface area (Å²) in [5, 5.41) is 25.6. The molecule has 1 aromatic heterocycles. The molecule has 9 heteroatoms. The summed E-state index contributed by atoms with van der Waals surface area (Å²) in [6.45, 7) is 23.3. The molecule has 3 heterocycles. The van der Waals surface area contributed by atoms with E-state index in [1.54, 1.807) is 0 Å². The largest absolute Gasteiger partial charge is 0.351 e. The molecule has 2 aliphatic rings. The molecule has 0 spiro atoms. The van der Waals surface area contributed by atoms with E-state index in [4.69, 9.17) is 4.98 Å². The summed E-state index contributed by atoms with van der Waals surface area (Å²) in [4.78, 5) is 14.4. The van der Waals surface area contributed by atoms with E-state index in [1.165, 1.54) is 116 Å². The van der Waals surface area contributed by atoms with Gasteiger partial charge >= 0.3 is 0 Å². The fourth-order valence-corrected chi connectivity index (χ4v) is 10.5. The molecule has 54 heavy (non-hydrogen) atoms. The van der Waals surface area contributed by atoms with Gasteiger partial charge in [0.05, 0.1) is 0 Å². The quantitative estimate of drug-likeness (QED) is 0.0385. The van der Waals surface area contributed by atoms with Crippen LogP contribution in [0.15, 0.2) is 0 Å². The molecule has 0 amide bonds. The Morgan fingerprint density at radius 2 is 0.759 bits per heavy atom. The third-order valence-corrected chi connectivity index (χ3v) is 12.2. The van der Waals surface area contributed by atoms with Crippen LogP contribution in [0.1, 0.15) is 223 Å². The third kappa shape index (κ3) is 18.0. The van der Waals surface area contributed by atoms with Gasteiger partial charge in [0.1, 0.15) is 0 Å². The Bertz CT molecular complexity index is 1050. The first-order valence-electron chi connectivity index (χ1n) is 22.8. The predicted octanol–water partition coefficient (Wildman–Crippen LogP) is 12.2. The Balaban J connectivity index is 1.76. The Morgan fingerprint density at radius 1 is 0.481 bits per heavy atom. The van der Waals surface area contributed by atoms with E-state index in [9.17, 15) is 5.21 Å². The fraction of sp³-hybridized carbons (Fsp3) is 0.933. The molecule has 1 aromatic rings. The van der Waals surface area contributed by atoms with E-state index in [0.29, 0.717) is 23.7 Å². The fourth-order valence-electron chi connectivity index (χ4n) is 10.5. The van der Waals surface area contributed by atoms with E-state index in [1.807, 2.05) is 0 Å². The lowest BCUT2D eigenvalue weighted by Crippen LogP contribution is -2.60. The minimum Gasteiger partial charge on any atom is -0.351 e. The average Bonchev–Trinajstić information content (AvgIpc) is 3.06. The molecule has 0 aromatic carbocycles. The van der Waals surface area contributed by atoms with E-state index in [0.717, 1.165) is 38.5 Å². The summed E-state index contributed by atoms with van der Waals surface area (Å²) >= 11 is 0. The molecular formula is C45H88N8O. The molecule has 2 aliphatic heterocycles. The van der Waals surface area contributed by atoms with Crippen molar-refractivity contribution in [2.45, 2.75) is 258 Å². The third-order valence-electron chi connectivity index (χ3n) is 12.2. The molecule has 3 rings (SSSR count). The maximum atomic E-state index is 10.1. The molecule has 2 saturated heterocycles. The second kappa shape index (κ2) is 22.9. The van der Waals surface area contributed by atoms with Gasteiger partial charge in [0, 0.05) is 34.2 Å². The molecule has 0 bridgehead atoms. The molecule has 0 radical (unpaired) electrons. The van der Waals surface area contributed by atoms with Crippen LogP contribution in [0.5, 0.6) is 0 Å². The number of hydrogen-bond acceptors (Lipinski definition) is 9. The van der Waals surface area contributed by atoms with Gasteiger partial charge in [0.2, 0.25) is 11.9 Å². The minimum absolute atomic E-state index is 0.0488. The van der Waals surface area contributed by atoms with Crippen molar-refractivity contribution in [1.82, 2.24) is 25.6 Å². The Hall–Kier alpha value is -1.71. The SMILES string of the molecule is CCCCCCCCCCCC(Nc1nc(NO)nc(NC(CCCCCCCCCCC)C2CC(C)(C)NC(C)(C)C2)n1)C1CC(C)(C)NC(C)(C)C1. The molecule has 6 N–H and O–H groups in total. The smallest absolute Gasteiger partial charge is 0.253 e. The second-order valence-corrected chi connectivity index (χ2v) is 20.3. The van der Waals surface area contributed by atoms with Crippen molar-refractivity contribution in [3.05, 3.63) is 0 Å². The van der Waals surface area contributed by atoms with Crippen LogP contribution in [0.25, 0.3) is 0 Å². The molecule has 9 nitrogen and oxygen atoms in total. The number of aromatic nitrogens is 3. The van der Waals surface area contributed by atoms with Crippen LogP contribution in [0.2, 0.25) is 0 Å². The normalized spacial score (nSPS) is 20.7. The highest BCUT2D eigenvalue weighted by Crippen LogP contribution is 2.39. The number of nitrogens with zero attached hydrogens (tertiary/aromatic N) is 3. The van der Waals surface area contributed by atoms with Gasteiger partial charge in [-0.05, 0) is 106 Å². The molecule has 2 unspecified atom stereocenters. The van der Waals surface area contributed by atoms with Crippen molar-refractivity contribution < 1.29 is 5.21 Å². The summed E-state index contributed by atoms with van der Waals surface area (Å²) in [6, 6.07) is 0.474. The first-order chi connectivity index (χ1) is 25.6. The first-order valence-corrected chi connectivity index (χ1v) is 22.8. The first kappa shape index (κ1) is 46.7. The number of anilines is 3. The molecule has 314 valence electrons. The number of unbranched alkanes of at least 4 members (excludes halogenated alkanes) is 16. The second-order valence-electron chi connectivity index (χ2n) is 20.3. The maximum absolute atomic E-state index is 10.1. The van der Waals surface area contributed by atoms with Gasteiger partial charge in [-0.25, -0.2) is 5.48 Å². The zero-order valence-electron chi connectivity index (χ0n) is 37.1.